The third kappa shape index (κ3) is 4.91. The van der Waals surface area contributed by atoms with E-state index in [9.17, 15) is 13.2 Å². The molecule has 31 heavy (non-hydrogen) atoms. The third-order valence-corrected chi connectivity index (χ3v) is 6.97. The molecule has 11 heteroatoms. The Morgan fingerprint density at radius 2 is 1.74 bits per heavy atom. The van der Waals surface area contributed by atoms with Crippen LogP contribution < -0.4 is 10.0 Å². The van der Waals surface area contributed by atoms with Crippen molar-refractivity contribution < 1.29 is 13.2 Å². The van der Waals surface area contributed by atoms with E-state index in [1.165, 1.54) is 53.8 Å². The molecule has 0 aliphatic heterocycles. The highest BCUT2D eigenvalue weighted by atomic mass is 35.5. The average Bonchev–Trinajstić information content (AvgIpc) is 3.41. The number of halogens is 2. The molecule has 0 bridgehead atoms. The highest BCUT2D eigenvalue weighted by molar-refractivity contribution is 7.92. The van der Waals surface area contributed by atoms with Crippen LogP contribution in [0.1, 0.15) is 10.4 Å². The summed E-state index contributed by atoms with van der Waals surface area (Å²) in [7, 11) is -3.95. The minimum Gasteiger partial charge on any atom is -0.305 e. The van der Waals surface area contributed by atoms with E-state index >= 15 is 0 Å². The summed E-state index contributed by atoms with van der Waals surface area (Å²) in [6, 6.07) is 15.5. The lowest BCUT2D eigenvalue weighted by Gasteiger charge is -2.13. The van der Waals surface area contributed by atoms with Crippen LogP contribution in [-0.2, 0) is 10.0 Å². The van der Waals surface area contributed by atoms with Crippen LogP contribution in [0.5, 0.6) is 0 Å². The van der Waals surface area contributed by atoms with Gasteiger partial charge in [0.05, 0.1) is 26.7 Å². The van der Waals surface area contributed by atoms with Crippen LogP contribution in [0.3, 0.4) is 0 Å². The van der Waals surface area contributed by atoms with Crippen molar-refractivity contribution in [3.8, 4) is 10.6 Å². The van der Waals surface area contributed by atoms with Crippen molar-refractivity contribution in [1.29, 1.82) is 0 Å². The molecule has 0 spiro atoms. The van der Waals surface area contributed by atoms with Crippen LogP contribution in [0.4, 0.5) is 11.5 Å². The smallest absolute Gasteiger partial charge is 0.261 e. The second-order valence-electron chi connectivity index (χ2n) is 6.35. The Morgan fingerprint density at radius 1 is 1.00 bits per heavy atom. The number of nitrogens with zero attached hydrogens (tertiary/aromatic N) is 1. The summed E-state index contributed by atoms with van der Waals surface area (Å²) >= 11 is 13.4. The Labute approximate surface area is 192 Å². The summed E-state index contributed by atoms with van der Waals surface area (Å²) in [6.07, 6.45) is 0. The highest BCUT2D eigenvalue weighted by Crippen LogP contribution is 2.27. The van der Waals surface area contributed by atoms with Gasteiger partial charge in [-0.05, 0) is 53.9 Å². The van der Waals surface area contributed by atoms with E-state index in [2.05, 4.69) is 20.2 Å². The molecule has 0 radical (unpaired) electrons. The Morgan fingerprint density at radius 3 is 2.45 bits per heavy atom. The van der Waals surface area contributed by atoms with Gasteiger partial charge in [0.1, 0.15) is 0 Å². The van der Waals surface area contributed by atoms with Crippen LogP contribution >= 0.6 is 34.5 Å². The summed E-state index contributed by atoms with van der Waals surface area (Å²) in [6.45, 7) is 0. The van der Waals surface area contributed by atoms with Crippen molar-refractivity contribution >= 4 is 62.0 Å². The maximum atomic E-state index is 12.9. The zero-order valence-electron chi connectivity index (χ0n) is 15.6. The number of amides is 1. The molecule has 0 unspecified atom stereocenters. The summed E-state index contributed by atoms with van der Waals surface area (Å²) < 4.78 is 27.9. The molecule has 0 aliphatic carbocycles. The SMILES string of the molecule is O=C(Nc1cc(-c2cccs2)[nH]n1)c1cc(Cl)ccc1NS(=O)(=O)c1ccc(Cl)cc1. The normalized spacial score (nSPS) is 11.3. The molecule has 0 atom stereocenters. The first-order chi connectivity index (χ1) is 14.8. The van der Waals surface area contributed by atoms with Gasteiger partial charge in [-0.1, -0.05) is 29.3 Å². The zero-order valence-corrected chi connectivity index (χ0v) is 18.7. The van der Waals surface area contributed by atoms with Crippen molar-refractivity contribution in [2.24, 2.45) is 0 Å². The molecular formula is C20H14Cl2N4O3S2. The number of rotatable bonds is 6. The lowest BCUT2D eigenvalue weighted by molar-refractivity contribution is 0.102. The van der Waals surface area contributed by atoms with E-state index in [0.29, 0.717) is 10.8 Å². The number of anilines is 2. The van der Waals surface area contributed by atoms with Crippen LogP contribution in [0.25, 0.3) is 10.6 Å². The molecule has 2 aromatic heterocycles. The maximum absolute atomic E-state index is 12.9. The molecular weight excluding hydrogens is 479 g/mol. The Hall–Kier alpha value is -2.85. The number of aromatic amines is 1. The highest BCUT2D eigenvalue weighted by Gasteiger charge is 2.20. The van der Waals surface area contributed by atoms with Gasteiger partial charge in [0.15, 0.2) is 5.82 Å². The average molecular weight is 493 g/mol. The number of carbonyl (C=O) groups is 1. The molecule has 4 rings (SSSR count). The van der Waals surface area contributed by atoms with E-state index in [4.69, 9.17) is 23.2 Å². The Kier molecular flexibility index (Phi) is 6.01. The number of aromatic nitrogens is 2. The molecule has 1 amide bonds. The van der Waals surface area contributed by atoms with E-state index in [0.717, 1.165) is 10.6 Å². The van der Waals surface area contributed by atoms with Gasteiger partial charge in [-0.3, -0.25) is 14.6 Å². The second kappa shape index (κ2) is 8.72. The van der Waals surface area contributed by atoms with Gasteiger partial charge >= 0.3 is 0 Å². The summed E-state index contributed by atoms with van der Waals surface area (Å²) in [5, 5.41) is 12.2. The number of thiophene rings is 1. The number of carbonyl (C=O) groups excluding carboxylic acids is 1. The first-order valence-electron chi connectivity index (χ1n) is 8.80. The Balaban J connectivity index is 1.59. The van der Waals surface area contributed by atoms with E-state index in [1.54, 1.807) is 6.07 Å². The van der Waals surface area contributed by atoms with E-state index in [1.807, 2.05) is 17.5 Å². The van der Waals surface area contributed by atoms with Gasteiger partial charge < -0.3 is 5.32 Å². The number of hydrogen-bond acceptors (Lipinski definition) is 5. The lowest BCUT2D eigenvalue weighted by atomic mass is 10.1. The number of hydrogen-bond donors (Lipinski definition) is 3. The van der Waals surface area contributed by atoms with Gasteiger partial charge in [0, 0.05) is 16.1 Å². The molecule has 2 heterocycles. The number of nitrogens with one attached hydrogen (secondary N) is 3. The fraction of sp³-hybridized carbons (Fsp3) is 0. The van der Waals surface area contributed by atoms with Crippen molar-refractivity contribution in [2.45, 2.75) is 4.90 Å². The first-order valence-corrected chi connectivity index (χ1v) is 11.9. The van der Waals surface area contributed by atoms with Crippen LogP contribution in [0, 0.1) is 0 Å². The van der Waals surface area contributed by atoms with Gasteiger partial charge in [0.2, 0.25) is 0 Å². The minimum absolute atomic E-state index is 0.00565. The van der Waals surface area contributed by atoms with E-state index in [-0.39, 0.29) is 21.2 Å². The number of sulfonamides is 1. The van der Waals surface area contributed by atoms with Gasteiger partial charge in [-0.2, -0.15) is 5.10 Å². The molecule has 2 aromatic carbocycles. The molecule has 0 saturated heterocycles. The fourth-order valence-corrected chi connectivity index (χ4v) is 4.81. The first kappa shape index (κ1) is 21.4. The minimum atomic E-state index is -3.95. The quantitative estimate of drug-likeness (QED) is 0.330. The van der Waals surface area contributed by atoms with Crippen LogP contribution in [0.2, 0.25) is 10.0 Å². The topological polar surface area (TPSA) is 104 Å². The molecule has 0 saturated carbocycles. The van der Waals surface area contributed by atoms with Crippen molar-refractivity contribution in [1.82, 2.24) is 10.2 Å². The molecule has 3 N–H and O–H groups in total. The molecule has 0 aliphatic rings. The second-order valence-corrected chi connectivity index (χ2v) is 9.85. The van der Waals surface area contributed by atoms with Crippen molar-refractivity contribution in [3.05, 3.63) is 81.7 Å². The Bertz CT molecular complexity index is 1340. The van der Waals surface area contributed by atoms with Crippen molar-refractivity contribution in [2.75, 3.05) is 10.0 Å². The van der Waals surface area contributed by atoms with Crippen LogP contribution in [-0.4, -0.2) is 24.5 Å². The van der Waals surface area contributed by atoms with Gasteiger partial charge in [-0.15, -0.1) is 11.3 Å². The molecule has 4 aromatic rings. The number of benzene rings is 2. The van der Waals surface area contributed by atoms with Crippen LogP contribution in [0.15, 0.2) is 70.9 Å². The summed E-state index contributed by atoms with van der Waals surface area (Å²) in [4.78, 5) is 13.8. The van der Waals surface area contributed by atoms with E-state index < -0.39 is 15.9 Å². The monoisotopic (exact) mass is 492 g/mol. The van der Waals surface area contributed by atoms with Gasteiger partial charge in [0.25, 0.3) is 15.9 Å². The standard InChI is InChI=1S/C20H14Cl2N4O3S2/c21-12-3-6-14(7-4-12)31(28,29)26-16-8-5-13(22)10-15(16)20(27)23-19-11-17(24-25-19)18-2-1-9-30-18/h1-11,26H,(H2,23,24,25,27). The predicted octanol–water partition coefficient (Wildman–Crippen LogP) is 5.50. The zero-order chi connectivity index (χ0) is 22.0. The molecule has 0 fully saturated rings. The molecule has 158 valence electrons. The molecule has 7 nitrogen and oxygen atoms in total. The lowest BCUT2D eigenvalue weighted by Crippen LogP contribution is -2.18. The third-order valence-electron chi connectivity index (χ3n) is 4.20. The summed E-state index contributed by atoms with van der Waals surface area (Å²) in [5.41, 5.74) is 0.872. The summed E-state index contributed by atoms with van der Waals surface area (Å²) in [5.74, 6) is -0.277. The maximum Gasteiger partial charge on any atom is 0.261 e. The number of H-pyrrole nitrogens is 1. The van der Waals surface area contributed by atoms with Gasteiger partial charge in [-0.25, -0.2) is 8.42 Å². The van der Waals surface area contributed by atoms with Crippen molar-refractivity contribution in [3.63, 3.8) is 0 Å². The largest absolute Gasteiger partial charge is 0.305 e. The fourth-order valence-electron chi connectivity index (χ4n) is 2.74. The predicted molar refractivity (Wildman–Crippen MR) is 124 cm³/mol.